The van der Waals surface area contributed by atoms with E-state index in [1.807, 2.05) is 0 Å². The van der Waals surface area contributed by atoms with Gasteiger partial charge in [0.2, 0.25) is 0 Å². The molecule has 0 radical (unpaired) electrons. The van der Waals surface area contributed by atoms with Crippen LogP contribution in [0.2, 0.25) is 0 Å². The third-order valence-electron chi connectivity index (χ3n) is 4.06. The van der Waals surface area contributed by atoms with Gasteiger partial charge in [-0.1, -0.05) is 35.9 Å². The monoisotopic (exact) mass is 408 g/mol. The van der Waals surface area contributed by atoms with Gasteiger partial charge in [0.15, 0.2) is 0 Å². The summed E-state index contributed by atoms with van der Waals surface area (Å²) >= 11 is 6.25. The van der Waals surface area contributed by atoms with Gasteiger partial charge in [0.05, 0.1) is 41.8 Å². The molecule has 1 aliphatic rings. The number of hydrogen-bond donors (Lipinski definition) is 0. The molecule has 2 amide bonds. The second kappa shape index (κ2) is 9.12. The Bertz CT molecular complexity index is 1080. The van der Waals surface area contributed by atoms with Crippen molar-refractivity contribution < 1.29 is 19.1 Å². The number of ether oxygens (including phenoxy) is 2. The summed E-state index contributed by atoms with van der Waals surface area (Å²) in [4.78, 5) is 33.0. The first-order chi connectivity index (χ1) is 14.0. The molecule has 0 aliphatic heterocycles. The fraction of sp³-hybridized carbons (Fsp3) is 0.0909. The average molecular weight is 409 g/mol. The van der Waals surface area contributed by atoms with E-state index < -0.39 is 11.8 Å². The summed E-state index contributed by atoms with van der Waals surface area (Å²) in [6.45, 7) is 0. The fourth-order valence-corrected chi connectivity index (χ4v) is 2.86. The molecule has 29 heavy (non-hydrogen) atoms. The Hall–Kier alpha value is -3.51. The van der Waals surface area contributed by atoms with Gasteiger partial charge in [0.1, 0.15) is 11.5 Å². The molecule has 0 heterocycles. The molecule has 2 aromatic rings. The molecule has 0 atom stereocenters. The van der Waals surface area contributed by atoms with Crippen molar-refractivity contribution in [1.82, 2.24) is 0 Å². The summed E-state index contributed by atoms with van der Waals surface area (Å²) in [6, 6.07) is 13.6. The molecule has 0 saturated carbocycles. The summed E-state index contributed by atoms with van der Waals surface area (Å²) < 4.78 is 10.4. The zero-order valence-electron chi connectivity index (χ0n) is 15.8. The van der Waals surface area contributed by atoms with E-state index in [-0.39, 0.29) is 10.7 Å². The normalized spacial score (nSPS) is 15.9. The van der Waals surface area contributed by atoms with Crippen molar-refractivity contribution in [2.24, 2.45) is 9.98 Å². The number of halogens is 1. The third-order valence-corrected chi connectivity index (χ3v) is 4.36. The third kappa shape index (κ3) is 4.67. The highest BCUT2D eigenvalue weighted by Gasteiger charge is 2.16. The standard InChI is InChI=1S/C22H17ClN2O4/c1-28-19-9-5-3-7-15(19)21(26)24-14-11-12-18(17(23)13-14)25-22(27)16-8-4-6-10-20(16)29-2/h3-13H,1-2H3. The second-order valence-electron chi connectivity index (χ2n) is 5.87. The maximum atomic E-state index is 12.5. The average Bonchev–Trinajstić information content (AvgIpc) is 2.75. The molecular formula is C22H17ClN2O4. The lowest BCUT2D eigenvalue weighted by molar-refractivity contribution is 0.0991. The number of hydrogen-bond acceptors (Lipinski definition) is 4. The molecule has 0 unspecified atom stereocenters. The van der Waals surface area contributed by atoms with Gasteiger partial charge in [-0.2, -0.15) is 0 Å². The van der Waals surface area contributed by atoms with Crippen molar-refractivity contribution in [1.29, 1.82) is 0 Å². The van der Waals surface area contributed by atoms with Crippen LogP contribution in [0.5, 0.6) is 11.5 Å². The summed E-state index contributed by atoms with van der Waals surface area (Å²) in [5, 5.41) is 0.197. The molecule has 0 fully saturated rings. The number of amides is 2. The van der Waals surface area contributed by atoms with Gasteiger partial charge in [0, 0.05) is 0 Å². The number of methoxy groups -OCH3 is 2. The number of carbonyl (C=O) groups excluding carboxylic acids is 2. The molecule has 3 rings (SSSR count). The second-order valence-corrected chi connectivity index (χ2v) is 6.28. The summed E-state index contributed by atoms with van der Waals surface area (Å²) in [5.74, 6) is -0.0970. The Morgan fingerprint density at radius 3 is 1.83 bits per heavy atom. The summed E-state index contributed by atoms with van der Waals surface area (Å²) in [6.07, 6.45) is 4.57. The molecule has 146 valence electrons. The zero-order valence-corrected chi connectivity index (χ0v) is 16.5. The number of nitrogens with zero attached hydrogens (tertiary/aromatic N) is 2. The molecule has 2 aromatic carbocycles. The van der Waals surface area contributed by atoms with Crippen LogP contribution in [-0.2, 0) is 0 Å². The predicted molar refractivity (Wildman–Crippen MR) is 113 cm³/mol. The number of rotatable bonds is 4. The highest BCUT2D eigenvalue weighted by atomic mass is 35.5. The maximum Gasteiger partial charge on any atom is 0.281 e. The quantitative estimate of drug-likeness (QED) is 0.708. The topological polar surface area (TPSA) is 77.3 Å². The number of benzene rings is 2. The van der Waals surface area contributed by atoms with Crippen LogP contribution in [0.4, 0.5) is 0 Å². The molecular weight excluding hydrogens is 392 g/mol. The first-order valence-electron chi connectivity index (χ1n) is 8.61. The zero-order chi connectivity index (χ0) is 20.8. The van der Waals surface area contributed by atoms with Crippen LogP contribution in [0.15, 0.2) is 81.8 Å². The highest BCUT2D eigenvalue weighted by molar-refractivity contribution is 6.49. The van der Waals surface area contributed by atoms with Crippen LogP contribution in [0.25, 0.3) is 0 Å². The molecule has 0 saturated heterocycles. The van der Waals surface area contributed by atoms with Crippen LogP contribution in [0, 0.1) is 0 Å². The van der Waals surface area contributed by atoms with Crippen LogP contribution < -0.4 is 9.47 Å². The summed E-state index contributed by atoms with van der Waals surface area (Å²) in [7, 11) is 2.96. The minimum Gasteiger partial charge on any atom is -0.496 e. The van der Waals surface area contributed by atoms with Crippen molar-refractivity contribution in [3.8, 4) is 11.5 Å². The number of carbonyl (C=O) groups is 2. The van der Waals surface area contributed by atoms with Crippen molar-refractivity contribution in [2.75, 3.05) is 14.2 Å². The first-order valence-corrected chi connectivity index (χ1v) is 8.99. The van der Waals surface area contributed by atoms with Gasteiger partial charge >= 0.3 is 0 Å². The highest BCUT2D eigenvalue weighted by Crippen LogP contribution is 2.21. The van der Waals surface area contributed by atoms with E-state index in [2.05, 4.69) is 9.98 Å². The van der Waals surface area contributed by atoms with E-state index in [1.165, 1.54) is 26.4 Å². The molecule has 0 spiro atoms. The summed E-state index contributed by atoms with van der Waals surface area (Å²) in [5.41, 5.74) is 1.28. The number of aliphatic imine (C=N–C) groups is 2. The van der Waals surface area contributed by atoms with Crippen LogP contribution >= 0.6 is 11.6 Å². The Balaban J connectivity index is 1.83. The maximum absolute atomic E-state index is 12.5. The van der Waals surface area contributed by atoms with Crippen molar-refractivity contribution in [2.45, 2.75) is 0 Å². The van der Waals surface area contributed by atoms with Crippen LogP contribution in [0.3, 0.4) is 0 Å². The van der Waals surface area contributed by atoms with E-state index in [0.717, 1.165) is 0 Å². The van der Waals surface area contributed by atoms with Gasteiger partial charge in [-0.05, 0) is 42.5 Å². The molecule has 0 N–H and O–H groups in total. The predicted octanol–water partition coefficient (Wildman–Crippen LogP) is 4.26. The van der Waals surface area contributed by atoms with Crippen LogP contribution in [-0.4, -0.2) is 37.5 Å². The fourth-order valence-electron chi connectivity index (χ4n) is 2.65. The van der Waals surface area contributed by atoms with Crippen molar-refractivity contribution in [3.05, 3.63) is 82.9 Å². The molecule has 6 nitrogen and oxygen atoms in total. The molecule has 7 heteroatoms. The molecule has 1 aliphatic carbocycles. The van der Waals surface area contributed by atoms with E-state index in [4.69, 9.17) is 21.1 Å². The van der Waals surface area contributed by atoms with Gasteiger partial charge in [-0.15, -0.1) is 0 Å². The smallest absolute Gasteiger partial charge is 0.281 e. The minimum atomic E-state index is -0.487. The lowest BCUT2D eigenvalue weighted by Gasteiger charge is -2.08. The van der Waals surface area contributed by atoms with E-state index in [9.17, 15) is 9.59 Å². The van der Waals surface area contributed by atoms with Gasteiger partial charge in [0.25, 0.3) is 11.8 Å². The Morgan fingerprint density at radius 2 is 1.31 bits per heavy atom. The van der Waals surface area contributed by atoms with E-state index in [1.54, 1.807) is 54.6 Å². The molecule has 0 aromatic heterocycles. The minimum absolute atomic E-state index is 0.197. The Labute approximate surface area is 172 Å². The first kappa shape index (κ1) is 20.2. The van der Waals surface area contributed by atoms with Gasteiger partial charge in [-0.25, -0.2) is 9.98 Å². The molecule has 0 bridgehead atoms. The van der Waals surface area contributed by atoms with Gasteiger partial charge in [-0.3, -0.25) is 9.59 Å². The van der Waals surface area contributed by atoms with Crippen molar-refractivity contribution >= 4 is 34.8 Å². The number of allylic oxidation sites excluding steroid dienone is 4. The Morgan fingerprint density at radius 1 is 0.793 bits per heavy atom. The van der Waals surface area contributed by atoms with Gasteiger partial charge < -0.3 is 9.47 Å². The lowest BCUT2D eigenvalue weighted by atomic mass is 10.1. The number of para-hydroxylation sites is 2. The van der Waals surface area contributed by atoms with Crippen LogP contribution in [0.1, 0.15) is 20.7 Å². The largest absolute Gasteiger partial charge is 0.496 e. The van der Waals surface area contributed by atoms with E-state index >= 15 is 0 Å². The van der Waals surface area contributed by atoms with E-state index in [0.29, 0.717) is 28.3 Å². The lowest BCUT2D eigenvalue weighted by Crippen LogP contribution is -2.10. The Kier molecular flexibility index (Phi) is 6.36. The SMILES string of the molecule is COc1ccccc1C(=O)N=C1C=CC(=NC(=O)c2ccccc2OC)C(Cl)=C1. The van der Waals surface area contributed by atoms with Crippen molar-refractivity contribution in [3.63, 3.8) is 0 Å².